The van der Waals surface area contributed by atoms with Crippen LogP contribution in [-0.4, -0.2) is 14.3 Å². The number of benzene rings is 2. The van der Waals surface area contributed by atoms with E-state index in [4.69, 9.17) is 4.42 Å². The minimum absolute atomic E-state index is 0.0196. The van der Waals surface area contributed by atoms with Crippen LogP contribution in [0, 0.1) is 0 Å². The minimum Gasteiger partial charge on any atom is -0.414 e. The molecule has 0 aliphatic rings. The predicted octanol–water partition coefficient (Wildman–Crippen LogP) is 3.89. The largest absolute Gasteiger partial charge is 0.414 e. The third kappa shape index (κ3) is 3.68. The molecule has 1 aromatic heterocycles. The van der Waals surface area contributed by atoms with E-state index in [1.54, 1.807) is 12.1 Å². The van der Waals surface area contributed by atoms with E-state index in [0.29, 0.717) is 10.3 Å². The van der Waals surface area contributed by atoms with Crippen molar-refractivity contribution in [1.29, 1.82) is 0 Å². The Morgan fingerprint density at radius 3 is 2.26 bits per heavy atom. The topological polar surface area (TPSA) is 84.7 Å². The van der Waals surface area contributed by atoms with Crippen molar-refractivity contribution in [2.24, 2.45) is 0 Å². The predicted molar refractivity (Wildman–Crippen MR) is 106 cm³/mol. The van der Waals surface area contributed by atoms with Crippen LogP contribution in [0.25, 0.3) is 10.3 Å². The first kappa shape index (κ1) is 19.3. The Morgan fingerprint density at radius 1 is 1.07 bits per heavy atom. The van der Waals surface area contributed by atoms with Gasteiger partial charge in [-0.05, 0) is 41.3 Å². The first-order chi connectivity index (χ1) is 12.5. The standard InChI is InChI=1S/C19H19NO5S2/c1-12(21)20(14-7-10-16-17(11-14)26-18(22)25-16)27(23,24)15-8-5-13(6-9-15)19(2,3)4/h5-11H,1-4H3. The average Bonchev–Trinajstić information content (AvgIpc) is 2.93. The summed E-state index contributed by atoms with van der Waals surface area (Å²) in [5.41, 5.74) is 1.38. The molecule has 0 aliphatic carbocycles. The van der Waals surface area contributed by atoms with E-state index in [2.05, 4.69) is 0 Å². The van der Waals surface area contributed by atoms with Crippen molar-refractivity contribution >= 4 is 43.2 Å². The fourth-order valence-corrected chi connectivity index (χ4v) is 4.83. The maximum absolute atomic E-state index is 13.1. The van der Waals surface area contributed by atoms with E-state index < -0.39 is 20.9 Å². The number of amides is 1. The van der Waals surface area contributed by atoms with Crippen molar-refractivity contribution in [3.05, 3.63) is 57.8 Å². The van der Waals surface area contributed by atoms with Crippen molar-refractivity contribution in [2.45, 2.75) is 38.0 Å². The van der Waals surface area contributed by atoms with Crippen molar-refractivity contribution in [3.63, 3.8) is 0 Å². The summed E-state index contributed by atoms with van der Waals surface area (Å²) in [6.45, 7) is 7.28. The molecule has 0 N–H and O–H groups in total. The molecule has 6 nitrogen and oxygen atoms in total. The normalized spacial score (nSPS) is 12.3. The Bertz CT molecular complexity index is 1170. The average molecular weight is 405 g/mol. The molecular weight excluding hydrogens is 386 g/mol. The van der Waals surface area contributed by atoms with Crippen molar-refractivity contribution in [1.82, 2.24) is 0 Å². The molecule has 3 rings (SSSR count). The van der Waals surface area contributed by atoms with Crippen LogP contribution in [0.4, 0.5) is 5.69 Å². The second-order valence-corrected chi connectivity index (χ2v) is 9.91. The van der Waals surface area contributed by atoms with Crippen LogP contribution in [-0.2, 0) is 20.2 Å². The zero-order valence-corrected chi connectivity index (χ0v) is 17.0. The maximum atomic E-state index is 13.1. The first-order valence-electron chi connectivity index (χ1n) is 8.20. The lowest BCUT2D eigenvalue weighted by atomic mass is 9.87. The third-order valence-electron chi connectivity index (χ3n) is 4.09. The molecule has 1 amide bonds. The van der Waals surface area contributed by atoms with Crippen molar-refractivity contribution < 1.29 is 17.6 Å². The molecule has 27 heavy (non-hydrogen) atoms. The molecule has 0 radical (unpaired) electrons. The molecule has 0 spiro atoms. The van der Waals surface area contributed by atoms with Gasteiger partial charge in [0.05, 0.1) is 15.3 Å². The lowest BCUT2D eigenvalue weighted by Gasteiger charge is -2.22. The van der Waals surface area contributed by atoms with Crippen LogP contribution in [0.1, 0.15) is 33.3 Å². The highest BCUT2D eigenvalue weighted by molar-refractivity contribution is 7.93. The van der Waals surface area contributed by atoms with Crippen LogP contribution in [0.5, 0.6) is 0 Å². The molecule has 3 aromatic rings. The van der Waals surface area contributed by atoms with Gasteiger partial charge in [0.2, 0.25) is 5.91 Å². The molecule has 8 heteroatoms. The third-order valence-corrected chi connectivity index (χ3v) is 6.70. The number of sulfonamides is 1. The van der Waals surface area contributed by atoms with Gasteiger partial charge in [-0.1, -0.05) is 44.2 Å². The molecule has 0 saturated heterocycles. The number of rotatable bonds is 3. The molecule has 0 saturated carbocycles. The van der Waals surface area contributed by atoms with Gasteiger partial charge in [-0.2, -0.15) is 0 Å². The number of carbonyl (C=O) groups is 1. The number of hydrogen-bond donors (Lipinski definition) is 0. The number of fused-ring (bicyclic) bond motifs is 1. The molecule has 0 fully saturated rings. The number of hydrogen-bond acceptors (Lipinski definition) is 6. The fraction of sp³-hybridized carbons (Fsp3) is 0.263. The molecular formula is C19H19NO5S2. The van der Waals surface area contributed by atoms with Crippen molar-refractivity contribution in [3.8, 4) is 0 Å². The quantitative estimate of drug-likeness (QED) is 0.660. The summed E-state index contributed by atoms with van der Waals surface area (Å²) < 4.78 is 32.4. The zero-order chi connectivity index (χ0) is 20.0. The van der Waals surface area contributed by atoms with E-state index in [-0.39, 0.29) is 16.0 Å². The number of nitrogens with zero attached hydrogens (tertiary/aromatic N) is 1. The lowest BCUT2D eigenvalue weighted by Crippen LogP contribution is -2.35. The Labute approximate surface area is 161 Å². The van der Waals surface area contributed by atoms with E-state index >= 15 is 0 Å². The summed E-state index contributed by atoms with van der Waals surface area (Å²) >= 11 is 0.852. The fourth-order valence-electron chi connectivity index (χ4n) is 2.71. The van der Waals surface area contributed by atoms with Gasteiger partial charge in [-0.25, -0.2) is 17.5 Å². The van der Waals surface area contributed by atoms with Crippen molar-refractivity contribution in [2.75, 3.05) is 4.31 Å². The monoisotopic (exact) mass is 405 g/mol. The van der Waals surface area contributed by atoms with E-state index in [1.807, 2.05) is 20.8 Å². The summed E-state index contributed by atoms with van der Waals surface area (Å²) in [5, 5.41) is 0. The highest BCUT2D eigenvalue weighted by Crippen LogP contribution is 2.30. The molecule has 1 heterocycles. The molecule has 0 unspecified atom stereocenters. The summed E-state index contributed by atoms with van der Waals surface area (Å²) in [6.07, 6.45) is 0. The molecule has 2 aromatic carbocycles. The van der Waals surface area contributed by atoms with E-state index in [9.17, 15) is 18.0 Å². The van der Waals surface area contributed by atoms with Crippen LogP contribution in [0.15, 0.2) is 56.6 Å². The Morgan fingerprint density at radius 2 is 1.70 bits per heavy atom. The maximum Gasteiger partial charge on any atom is 0.396 e. The molecule has 142 valence electrons. The number of carbonyl (C=O) groups excluding carboxylic acids is 1. The minimum atomic E-state index is -4.10. The van der Waals surface area contributed by atoms with Gasteiger partial charge < -0.3 is 4.42 Å². The molecule has 0 atom stereocenters. The second kappa shape index (κ2) is 6.61. The Hall–Kier alpha value is -2.45. The van der Waals surface area contributed by atoms with Gasteiger partial charge in [0.1, 0.15) is 5.58 Å². The van der Waals surface area contributed by atoms with Gasteiger partial charge in [-0.3, -0.25) is 4.79 Å². The van der Waals surface area contributed by atoms with Gasteiger partial charge in [0.25, 0.3) is 10.0 Å². The molecule has 0 aliphatic heterocycles. The van der Waals surface area contributed by atoms with Crippen LogP contribution in [0.3, 0.4) is 0 Å². The smallest absolute Gasteiger partial charge is 0.396 e. The Balaban J connectivity index is 2.09. The second-order valence-electron chi connectivity index (χ2n) is 7.15. The van der Waals surface area contributed by atoms with E-state index in [0.717, 1.165) is 21.2 Å². The highest BCUT2D eigenvalue weighted by atomic mass is 32.2. The van der Waals surface area contributed by atoms with Gasteiger partial charge >= 0.3 is 4.94 Å². The molecule has 0 bridgehead atoms. The first-order valence-corrected chi connectivity index (χ1v) is 10.5. The number of anilines is 1. The van der Waals surface area contributed by atoms with Crippen LogP contribution < -0.4 is 9.24 Å². The summed E-state index contributed by atoms with van der Waals surface area (Å²) in [4.78, 5) is 23.1. The van der Waals surface area contributed by atoms with Crippen LogP contribution >= 0.6 is 11.3 Å². The Kier molecular flexibility index (Phi) is 4.73. The highest BCUT2D eigenvalue weighted by Gasteiger charge is 2.29. The van der Waals surface area contributed by atoms with E-state index in [1.165, 1.54) is 37.3 Å². The SMILES string of the molecule is CC(=O)N(c1ccc2oc(=O)sc2c1)S(=O)(=O)c1ccc(C(C)(C)C)cc1. The summed E-state index contributed by atoms with van der Waals surface area (Å²) in [7, 11) is -4.10. The zero-order valence-electron chi connectivity index (χ0n) is 15.3. The van der Waals surface area contributed by atoms with Gasteiger partial charge in [0, 0.05) is 6.92 Å². The van der Waals surface area contributed by atoms with Gasteiger partial charge in [-0.15, -0.1) is 0 Å². The van der Waals surface area contributed by atoms with Crippen LogP contribution in [0.2, 0.25) is 0 Å². The summed E-state index contributed by atoms with van der Waals surface area (Å²) in [5.74, 6) is -0.648. The lowest BCUT2D eigenvalue weighted by molar-refractivity contribution is -0.115. The summed E-state index contributed by atoms with van der Waals surface area (Å²) in [6, 6.07) is 10.9. The van der Waals surface area contributed by atoms with Gasteiger partial charge in [0.15, 0.2) is 0 Å².